The van der Waals surface area contributed by atoms with Crippen molar-refractivity contribution in [2.24, 2.45) is 0 Å². The molecule has 1 saturated heterocycles. The van der Waals surface area contributed by atoms with Crippen molar-refractivity contribution < 1.29 is 9.53 Å². The number of anilines is 1. The van der Waals surface area contributed by atoms with E-state index >= 15 is 0 Å². The number of hydrogen-bond donors (Lipinski definition) is 0. The molecule has 2 aromatic rings. The molecule has 1 amide bonds. The third-order valence-corrected chi connectivity index (χ3v) is 5.51. The molecule has 3 rings (SSSR count). The van der Waals surface area contributed by atoms with Crippen LogP contribution in [0.2, 0.25) is 5.02 Å². The Morgan fingerprint density at radius 3 is 2.83 bits per heavy atom. The van der Waals surface area contributed by atoms with Crippen molar-refractivity contribution >= 4 is 23.3 Å². The van der Waals surface area contributed by atoms with Crippen molar-refractivity contribution in [3.8, 4) is 11.6 Å². The summed E-state index contributed by atoms with van der Waals surface area (Å²) in [7, 11) is 0. The van der Waals surface area contributed by atoms with E-state index < -0.39 is 0 Å². The molecule has 0 N–H and O–H groups in total. The van der Waals surface area contributed by atoms with Gasteiger partial charge in [0.25, 0.3) is 0 Å². The number of piperazine rings is 1. The first kappa shape index (κ1) is 21.4. The van der Waals surface area contributed by atoms with Gasteiger partial charge in [0.05, 0.1) is 5.02 Å². The molecule has 2 heterocycles. The lowest BCUT2D eigenvalue weighted by Crippen LogP contribution is -2.54. The first-order valence-electron chi connectivity index (χ1n) is 10.3. The molecule has 1 fully saturated rings. The molecule has 0 saturated carbocycles. The van der Waals surface area contributed by atoms with Crippen molar-refractivity contribution in [2.45, 2.75) is 52.5 Å². The summed E-state index contributed by atoms with van der Waals surface area (Å²) in [5.74, 6) is 2.08. The standard InChI is InChI=1S/C22H29ClN4O2/c1-4-5-6-7-22(28)27-11-10-26(14-17(27)3)20-13-21(25-15-24-20)29-19-12-16(2)8-9-18(19)23/h8-9,12-13,15,17H,4-7,10-11,14H2,1-3H3. The highest BCUT2D eigenvalue weighted by Gasteiger charge is 2.27. The second kappa shape index (κ2) is 9.92. The van der Waals surface area contributed by atoms with Gasteiger partial charge in [-0.1, -0.05) is 37.4 Å². The maximum atomic E-state index is 12.5. The fourth-order valence-electron chi connectivity index (χ4n) is 3.57. The van der Waals surface area contributed by atoms with Crippen LogP contribution in [0.25, 0.3) is 0 Å². The average Bonchev–Trinajstić information content (AvgIpc) is 2.71. The molecule has 0 spiro atoms. The smallest absolute Gasteiger partial charge is 0.224 e. The summed E-state index contributed by atoms with van der Waals surface area (Å²) in [6, 6.07) is 7.60. The number of halogens is 1. The molecule has 156 valence electrons. The third kappa shape index (κ3) is 5.60. The maximum absolute atomic E-state index is 12.5. The largest absolute Gasteiger partial charge is 0.437 e. The molecule has 0 radical (unpaired) electrons. The first-order valence-corrected chi connectivity index (χ1v) is 10.7. The third-order valence-electron chi connectivity index (χ3n) is 5.19. The van der Waals surface area contributed by atoms with E-state index in [9.17, 15) is 4.79 Å². The maximum Gasteiger partial charge on any atom is 0.224 e. The predicted octanol–water partition coefficient (Wildman–Crippen LogP) is 4.85. The van der Waals surface area contributed by atoms with E-state index in [0.29, 0.717) is 29.6 Å². The number of aryl methyl sites for hydroxylation is 1. The molecule has 0 bridgehead atoms. The van der Waals surface area contributed by atoms with E-state index in [0.717, 1.165) is 43.7 Å². The second-order valence-corrected chi connectivity index (χ2v) is 8.00. The van der Waals surface area contributed by atoms with Crippen molar-refractivity contribution in [2.75, 3.05) is 24.5 Å². The summed E-state index contributed by atoms with van der Waals surface area (Å²) < 4.78 is 5.89. The minimum Gasteiger partial charge on any atom is -0.437 e. The van der Waals surface area contributed by atoms with E-state index in [-0.39, 0.29) is 11.9 Å². The van der Waals surface area contributed by atoms with E-state index in [4.69, 9.17) is 16.3 Å². The number of unbranched alkanes of at least 4 members (excludes halogenated alkanes) is 2. The highest BCUT2D eigenvalue weighted by molar-refractivity contribution is 6.32. The summed E-state index contributed by atoms with van der Waals surface area (Å²) in [5.41, 5.74) is 1.06. The number of carbonyl (C=O) groups is 1. The van der Waals surface area contributed by atoms with Crippen LogP contribution in [0, 0.1) is 6.92 Å². The van der Waals surface area contributed by atoms with E-state index in [1.165, 1.54) is 6.33 Å². The Balaban J connectivity index is 1.64. The topological polar surface area (TPSA) is 58.6 Å². The molecule has 1 atom stereocenters. The lowest BCUT2D eigenvalue weighted by molar-refractivity contribution is -0.133. The van der Waals surface area contributed by atoms with Gasteiger partial charge in [-0.2, -0.15) is 0 Å². The Morgan fingerprint density at radius 1 is 1.24 bits per heavy atom. The number of ether oxygens (including phenoxy) is 1. The minimum atomic E-state index is 0.142. The lowest BCUT2D eigenvalue weighted by Gasteiger charge is -2.40. The molecule has 1 aromatic heterocycles. The van der Waals surface area contributed by atoms with Crippen LogP contribution >= 0.6 is 11.6 Å². The van der Waals surface area contributed by atoms with Crippen molar-refractivity contribution in [3.05, 3.63) is 41.2 Å². The second-order valence-electron chi connectivity index (χ2n) is 7.59. The minimum absolute atomic E-state index is 0.142. The number of carbonyl (C=O) groups excluding carboxylic acids is 1. The van der Waals surface area contributed by atoms with Crippen LogP contribution in [0.15, 0.2) is 30.6 Å². The SMILES string of the molecule is CCCCCC(=O)N1CCN(c2cc(Oc3cc(C)ccc3Cl)ncn2)CC1C. The van der Waals surface area contributed by atoms with Crippen LogP contribution in [-0.2, 0) is 4.79 Å². The zero-order valence-corrected chi connectivity index (χ0v) is 18.2. The molecule has 0 aliphatic carbocycles. The molecule has 1 aliphatic heterocycles. The monoisotopic (exact) mass is 416 g/mol. The quantitative estimate of drug-likeness (QED) is 0.604. The zero-order chi connectivity index (χ0) is 20.8. The molecular formula is C22H29ClN4O2. The first-order chi connectivity index (χ1) is 14.0. The number of aromatic nitrogens is 2. The predicted molar refractivity (Wildman–Crippen MR) is 116 cm³/mol. The fourth-order valence-corrected chi connectivity index (χ4v) is 3.72. The van der Waals surface area contributed by atoms with Gasteiger partial charge in [-0.25, -0.2) is 9.97 Å². The number of amides is 1. The van der Waals surface area contributed by atoms with Crippen LogP contribution in [0.4, 0.5) is 5.82 Å². The Labute approximate surface area is 177 Å². The van der Waals surface area contributed by atoms with Crippen LogP contribution in [0.5, 0.6) is 11.6 Å². The number of rotatable bonds is 7. The fraction of sp³-hybridized carbons (Fsp3) is 0.500. The summed E-state index contributed by atoms with van der Waals surface area (Å²) in [6.45, 7) is 8.41. The van der Waals surface area contributed by atoms with Gasteiger partial charge in [0.15, 0.2) is 0 Å². The van der Waals surface area contributed by atoms with E-state index in [1.807, 2.05) is 36.1 Å². The van der Waals surface area contributed by atoms with Crippen molar-refractivity contribution in [1.29, 1.82) is 0 Å². The summed E-state index contributed by atoms with van der Waals surface area (Å²) in [4.78, 5) is 25.3. The Morgan fingerprint density at radius 2 is 2.07 bits per heavy atom. The molecule has 1 unspecified atom stereocenters. The molecule has 1 aliphatic rings. The van der Waals surface area contributed by atoms with Gasteiger partial charge in [-0.05, 0) is 38.0 Å². The van der Waals surface area contributed by atoms with Gasteiger partial charge < -0.3 is 14.5 Å². The highest BCUT2D eigenvalue weighted by Crippen LogP contribution is 2.30. The van der Waals surface area contributed by atoms with Gasteiger partial charge in [-0.3, -0.25) is 4.79 Å². The zero-order valence-electron chi connectivity index (χ0n) is 17.4. The van der Waals surface area contributed by atoms with Crippen LogP contribution in [-0.4, -0.2) is 46.5 Å². The van der Waals surface area contributed by atoms with Gasteiger partial charge in [0.1, 0.15) is 17.9 Å². The van der Waals surface area contributed by atoms with Gasteiger partial charge in [0.2, 0.25) is 11.8 Å². The van der Waals surface area contributed by atoms with Gasteiger partial charge in [0, 0.05) is 38.2 Å². The summed E-state index contributed by atoms with van der Waals surface area (Å²) in [6.07, 6.45) is 5.34. The Bertz CT molecular complexity index is 845. The average molecular weight is 417 g/mol. The number of hydrogen-bond acceptors (Lipinski definition) is 5. The lowest BCUT2D eigenvalue weighted by atomic mass is 10.1. The van der Waals surface area contributed by atoms with Crippen LogP contribution < -0.4 is 9.64 Å². The van der Waals surface area contributed by atoms with Gasteiger partial charge >= 0.3 is 0 Å². The molecule has 6 nitrogen and oxygen atoms in total. The Hall–Kier alpha value is -2.34. The van der Waals surface area contributed by atoms with Crippen LogP contribution in [0.3, 0.4) is 0 Å². The van der Waals surface area contributed by atoms with E-state index in [1.54, 1.807) is 0 Å². The summed E-state index contributed by atoms with van der Waals surface area (Å²) >= 11 is 6.23. The molecular weight excluding hydrogens is 388 g/mol. The van der Waals surface area contributed by atoms with Crippen LogP contribution in [0.1, 0.15) is 45.1 Å². The molecule has 7 heteroatoms. The van der Waals surface area contributed by atoms with E-state index in [2.05, 4.69) is 28.7 Å². The van der Waals surface area contributed by atoms with Crippen molar-refractivity contribution in [3.63, 3.8) is 0 Å². The van der Waals surface area contributed by atoms with Gasteiger partial charge in [-0.15, -0.1) is 0 Å². The molecule has 29 heavy (non-hydrogen) atoms. The normalized spacial score (nSPS) is 16.8. The highest BCUT2D eigenvalue weighted by atomic mass is 35.5. The number of nitrogens with zero attached hydrogens (tertiary/aromatic N) is 4. The molecule has 1 aromatic carbocycles. The number of benzene rings is 1. The Kier molecular flexibility index (Phi) is 7.31. The summed E-state index contributed by atoms with van der Waals surface area (Å²) in [5, 5.41) is 0.541. The van der Waals surface area contributed by atoms with Crippen molar-refractivity contribution in [1.82, 2.24) is 14.9 Å².